The molecule has 3 aromatic heterocycles. The summed E-state index contributed by atoms with van der Waals surface area (Å²) >= 11 is 0. The van der Waals surface area contributed by atoms with Crippen LogP contribution in [-0.4, -0.2) is 42.8 Å². The quantitative estimate of drug-likeness (QED) is 0.445. The lowest BCUT2D eigenvalue weighted by Gasteiger charge is -2.16. The highest BCUT2D eigenvalue weighted by molar-refractivity contribution is 5.77. The molecular weight excluding hydrogens is 388 g/mol. The van der Waals surface area contributed by atoms with Gasteiger partial charge in [-0.25, -0.2) is 4.52 Å². The number of hydrogen-bond donors (Lipinski definition) is 3. The topological polar surface area (TPSA) is 100 Å². The fourth-order valence-corrected chi connectivity index (χ4v) is 4.68. The minimum absolute atomic E-state index is 0.243. The third-order valence-electron chi connectivity index (χ3n) is 6.38. The van der Waals surface area contributed by atoms with Crippen molar-refractivity contribution in [2.24, 2.45) is 0 Å². The molecule has 2 fully saturated rings. The van der Waals surface area contributed by atoms with Gasteiger partial charge in [0.25, 0.3) is 0 Å². The van der Waals surface area contributed by atoms with Gasteiger partial charge in [0, 0.05) is 42.9 Å². The SMILES string of the molecule is Nc1nc(Nc2cc(C3CC3)[nH]n2)c2c([C@@H]3CCN(Cc4ccccc4)C3)ccn2n1. The van der Waals surface area contributed by atoms with Crippen molar-refractivity contribution in [3.8, 4) is 0 Å². The van der Waals surface area contributed by atoms with E-state index in [2.05, 4.69) is 73.0 Å². The van der Waals surface area contributed by atoms with Crippen LogP contribution in [0.25, 0.3) is 5.52 Å². The Kier molecular flexibility index (Phi) is 4.38. The molecule has 1 aromatic carbocycles. The van der Waals surface area contributed by atoms with Crippen LogP contribution in [0.5, 0.6) is 0 Å². The summed E-state index contributed by atoms with van der Waals surface area (Å²) in [5, 5.41) is 15.4. The Morgan fingerprint density at radius 3 is 2.81 bits per heavy atom. The number of nitrogens with one attached hydrogen (secondary N) is 2. The second-order valence-electron chi connectivity index (χ2n) is 8.70. The van der Waals surface area contributed by atoms with Gasteiger partial charge in [0.2, 0.25) is 5.95 Å². The standard InChI is InChI=1S/C23H26N8/c24-23-26-22(25-20-12-19(27-28-20)16-6-7-16)21-18(9-11-31(21)29-23)17-8-10-30(14-17)13-15-4-2-1-3-5-15/h1-5,9,11-12,16-17H,6-8,10,13-14H2,(H4,24,25,26,27,28,29)/t17-/m1/s1. The largest absolute Gasteiger partial charge is 0.366 e. The average Bonchev–Trinajstić information content (AvgIpc) is 3.14. The van der Waals surface area contributed by atoms with Crippen LogP contribution in [0.4, 0.5) is 17.6 Å². The summed E-state index contributed by atoms with van der Waals surface area (Å²) in [6.07, 6.45) is 5.56. The number of aromatic amines is 1. The summed E-state index contributed by atoms with van der Waals surface area (Å²) < 4.78 is 1.84. The molecule has 0 amide bonds. The van der Waals surface area contributed by atoms with Gasteiger partial charge < -0.3 is 11.1 Å². The molecule has 4 aromatic rings. The number of rotatable bonds is 6. The van der Waals surface area contributed by atoms with E-state index in [1.807, 2.05) is 10.7 Å². The summed E-state index contributed by atoms with van der Waals surface area (Å²) in [6, 6.07) is 14.9. The Morgan fingerprint density at radius 2 is 1.97 bits per heavy atom. The minimum Gasteiger partial charge on any atom is -0.366 e. The Bertz CT molecular complexity index is 1210. The maximum Gasteiger partial charge on any atom is 0.240 e. The van der Waals surface area contributed by atoms with Crippen LogP contribution in [0, 0.1) is 0 Å². The van der Waals surface area contributed by atoms with Gasteiger partial charge in [-0.2, -0.15) is 10.1 Å². The second kappa shape index (κ2) is 7.39. The fourth-order valence-electron chi connectivity index (χ4n) is 4.68. The highest BCUT2D eigenvalue weighted by atomic mass is 15.3. The van der Waals surface area contributed by atoms with E-state index in [-0.39, 0.29) is 5.95 Å². The minimum atomic E-state index is 0.243. The number of benzene rings is 1. The molecule has 0 spiro atoms. The van der Waals surface area contributed by atoms with Gasteiger partial charge >= 0.3 is 0 Å². The number of nitrogens with zero attached hydrogens (tertiary/aromatic N) is 5. The number of H-pyrrole nitrogens is 1. The van der Waals surface area contributed by atoms with Crippen molar-refractivity contribution in [2.45, 2.75) is 37.6 Å². The molecular formula is C23H26N8. The molecule has 4 N–H and O–H groups in total. The fraction of sp³-hybridized carbons (Fsp3) is 0.348. The van der Waals surface area contributed by atoms with Crippen molar-refractivity contribution in [1.29, 1.82) is 0 Å². The molecule has 1 saturated heterocycles. The highest BCUT2D eigenvalue weighted by Crippen LogP contribution is 2.40. The highest BCUT2D eigenvalue weighted by Gasteiger charge is 2.28. The van der Waals surface area contributed by atoms with E-state index >= 15 is 0 Å². The molecule has 31 heavy (non-hydrogen) atoms. The molecule has 2 aliphatic rings. The zero-order chi connectivity index (χ0) is 20.8. The van der Waals surface area contributed by atoms with Crippen LogP contribution < -0.4 is 11.1 Å². The third kappa shape index (κ3) is 3.63. The Hall–Kier alpha value is -3.39. The van der Waals surface area contributed by atoms with E-state index < -0.39 is 0 Å². The van der Waals surface area contributed by atoms with Gasteiger partial charge in [-0.05, 0) is 43.0 Å². The lowest BCUT2D eigenvalue weighted by molar-refractivity contribution is 0.327. The average molecular weight is 415 g/mol. The summed E-state index contributed by atoms with van der Waals surface area (Å²) in [5.74, 6) is 2.78. The van der Waals surface area contributed by atoms with Crippen molar-refractivity contribution in [2.75, 3.05) is 24.1 Å². The van der Waals surface area contributed by atoms with Crippen molar-refractivity contribution in [3.63, 3.8) is 0 Å². The predicted octanol–water partition coefficient (Wildman–Crippen LogP) is 3.65. The molecule has 0 bridgehead atoms. The molecule has 0 radical (unpaired) electrons. The van der Waals surface area contributed by atoms with E-state index in [9.17, 15) is 0 Å². The van der Waals surface area contributed by atoms with Gasteiger partial charge in [-0.1, -0.05) is 30.3 Å². The number of hydrogen-bond acceptors (Lipinski definition) is 6. The van der Waals surface area contributed by atoms with E-state index in [0.717, 1.165) is 37.4 Å². The lowest BCUT2D eigenvalue weighted by atomic mass is 9.99. The second-order valence-corrected chi connectivity index (χ2v) is 8.70. The van der Waals surface area contributed by atoms with Crippen LogP contribution >= 0.6 is 0 Å². The molecule has 4 heterocycles. The van der Waals surface area contributed by atoms with Crippen molar-refractivity contribution in [1.82, 2.24) is 29.7 Å². The van der Waals surface area contributed by atoms with Crippen LogP contribution in [0.15, 0.2) is 48.7 Å². The van der Waals surface area contributed by atoms with E-state index in [1.165, 1.54) is 29.7 Å². The van der Waals surface area contributed by atoms with E-state index in [1.54, 1.807) is 0 Å². The third-order valence-corrected chi connectivity index (χ3v) is 6.38. The molecule has 1 aliphatic carbocycles. The van der Waals surface area contributed by atoms with Gasteiger partial charge in [-0.15, -0.1) is 5.10 Å². The van der Waals surface area contributed by atoms with Crippen molar-refractivity contribution in [3.05, 3.63) is 65.5 Å². The molecule has 1 atom stereocenters. The number of nitrogen functional groups attached to an aromatic ring is 1. The first-order valence-corrected chi connectivity index (χ1v) is 11.0. The maximum absolute atomic E-state index is 5.99. The Balaban J connectivity index is 1.27. The number of fused-ring (bicyclic) bond motifs is 1. The Morgan fingerprint density at radius 1 is 1.10 bits per heavy atom. The monoisotopic (exact) mass is 414 g/mol. The van der Waals surface area contributed by atoms with Crippen LogP contribution in [0.1, 0.15) is 47.9 Å². The van der Waals surface area contributed by atoms with E-state index in [4.69, 9.17) is 5.73 Å². The van der Waals surface area contributed by atoms with Gasteiger partial charge in [0.15, 0.2) is 11.6 Å². The van der Waals surface area contributed by atoms with Gasteiger partial charge in [0.1, 0.15) is 5.52 Å². The van der Waals surface area contributed by atoms with Crippen LogP contribution in [0.3, 0.4) is 0 Å². The van der Waals surface area contributed by atoms with Crippen molar-refractivity contribution < 1.29 is 0 Å². The summed E-state index contributed by atoms with van der Waals surface area (Å²) in [4.78, 5) is 7.04. The van der Waals surface area contributed by atoms with Gasteiger partial charge in [0.05, 0.1) is 0 Å². The first kappa shape index (κ1) is 18.4. The predicted molar refractivity (Wildman–Crippen MR) is 120 cm³/mol. The van der Waals surface area contributed by atoms with E-state index in [0.29, 0.717) is 17.7 Å². The lowest BCUT2D eigenvalue weighted by Crippen LogP contribution is -2.19. The number of anilines is 3. The number of nitrogens with two attached hydrogens (primary N) is 1. The van der Waals surface area contributed by atoms with Crippen LogP contribution in [0.2, 0.25) is 0 Å². The van der Waals surface area contributed by atoms with Crippen molar-refractivity contribution >= 4 is 23.1 Å². The smallest absolute Gasteiger partial charge is 0.240 e. The van der Waals surface area contributed by atoms with Crippen LogP contribution in [-0.2, 0) is 6.54 Å². The molecule has 8 nitrogen and oxygen atoms in total. The Labute approximate surface area is 180 Å². The number of aromatic nitrogens is 5. The molecule has 1 saturated carbocycles. The first-order chi connectivity index (χ1) is 15.2. The molecule has 158 valence electrons. The molecule has 8 heteroatoms. The molecule has 0 unspecified atom stereocenters. The molecule has 6 rings (SSSR count). The summed E-state index contributed by atoms with van der Waals surface area (Å²) in [7, 11) is 0. The molecule has 1 aliphatic heterocycles. The van der Waals surface area contributed by atoms with Gasteiger partial charge in [-0.3, -0.25) is 10.00 Å². The summed E-state index contributed by atoms with van der Waals surface area (Å²) in [5.41, 5.74) is 10.8. The number of likely N-dealkylation sites (tertiary alicyclic amines) is 1. The first-order valence-electron chi connectivity index (χ1n) is 11.0. The zero-order valence-electron chi connectivity index (χ0n) is 17.3. The normalized spacial score (nSPS) is 19.3. The maximum atomic E-state index is 5.99. The zero-order valence-corrected chi connectivity index (χ0v) is 17.3. The summed E-state index contributed by atoms with van der Waals surface area (Å²) in [6.45, 7) is 3.08.